The second kappa shape index (κ2) is 7.02. The number of aromatic nitrogens is 4. The van der Waals surface area contributed by atoms with Gasteiger partial charge in [0.2, 0.25) is 0 Å². The van der Waals surface area contributed by atoms with Crippen LogP contribution in [0.4, 0.5) is 10.7 Å². The van der Waals surface area contributed by atoms with Crippen molar-refractivity contribution < 1.29 is 9.59 Å². The maximum Gasteiger partial charge on any atom is 0.321 e. The first-order valence-electron chi connectivity index (χ1n) is 8.81. The molecule has 4 rings (SSSR count). The van der Waals surface area contributed by atoms with Crippen molar-refractivity contribution in [2.45, 2.75) is 25.8 Å². The first-order chi connectivity index (χ1) is 13.1. The van der Waals surface area contributed by atoms with Gasteiger partial charge >= 0.3 is 6.03 Å². The lowest BCUT2D eigenvalue weighted by Crippen LogP contribution is -2.29. The molecule has 0 bridgehead atoms. The molecule has 0 atom stereocenters. The number of hydrogen-bond acceptors (Lipinski definition) is 5. The Morgan fingerprint density at radius 3 is 2.81 bits per heavy atom. The number of pyridine rings is 2. The Morgan fingerprint density at radius 1 is 1.26 bits per heavy atom. The third kappa shape index (κ3) is 3.71. The number of nitrogens with zero attached hydrogens (tertiary/aromatic N) is 4. The summed E-state index contributed by atoms with van der Waals surface area (Å²) in [6.07, 6.45) is 5.38. The van der Waals surface area contributed by atoms with Gasteiger partial charge in [-0.05, 0) is 43.5 Å². The summed E-state index contributed by atoms with van der Waals surface area (Å²) in [4.78, 5) is 32.9. The van der Waals surface area contributed by atoms with Crippen molar-refractivity contribution in [3.63, 3.8) is 0 Å². The van der Waals surface area contributed by atoms with Gasteiger partial charge in [-0.1, -0.05) is 6.07 Å². The maximum atomic E-state index is 12.7. The molecule has 3 amide bonds. The summed E-state index contributed by atoms with van der Waals surface area (Å²) in [6.45, 7) is 2.30. The van der Waals surface area contributed by atoms with Crippen LogP contribution in [0.25, 0.3) is 16.8 Å². The van der Waals surface area contributed by atoms with Gasteiger partial charge in [-0.25, -0.2) is 9.31 Å². The average molecular weight is 365 g/mol. The number of urea groups is 1. The lowest BCUT2D eigenvalue weighted by molar-refractivity contribution is 0.0943. The third-order valence-electron chi connectivity index (χ3n) is 4.14. The number of anilines is 1. The van der Waals surface area contributed by atoms with Crippen LogP contribution in [-0.4, -0.2) is 44.1 Å². The van der Waals surface area contributed by atoms with Crippen LogP contribution in [0.3, 0.4) is 0 Å². The van der Waals surface area contributed by atoms with Crippen LogP contribution in [0.5, 0.6) is 0 Å². The highest BCUT2D eigenvalue weighted by Crippen LogP contribution is 2.24. The van der Waals surface area contributed by atoms with Crippen LogP contribution in [0, 0.1) is 0 Å². The fourth-order valence-electron chi connectivity index (χ4n) is 2.69. The van der Waals surface area contributed by atoms with Crippen molar-refractivity contribution in [3.05, 3.63) is 42.4 Å². The summed E-state index contributed by atoms with van der Waals surface area (Å²) in [6, 6.07) is 7.12. The number of hydrogen-bond donors (Lipinski definition) is 3. The van der Waals surface area contributed by atoms with Gasteiger partial charge in [0, 0.05) is 30.5 Å². The average Bonchev–Trinajstić information content (AvgIpc) is 3.38. The number of fused-ring (bicyclic) bond motifs is 1. The van der Waals surface area contributed by atoms with Crippen LogP contribution in [0.1, 0.15) is 30.3 Å². The van der Waals surface area contributed by atoms with Gasteiger partial charge in [0.1, 0.15) is 5.69 Å². The molecular formula is C18H19N7O2. The Labute approximate surface area is 155 Å². The molecule has 3 aromatic heterocycles. The summed E-state index contributed by atoms with van der Waals surface area (Å²) in [5.41, 5.74) is 2.48. The predicted octanol–water partition coefficient (Wildman–Crippen LogP) is 1.82. The van der Waals surface area contributed by atoms with Gasteiger partial charge in [0.05, 0.1) is 0 Å². The zero-order valence-electron chi connectivity index (χ0n) is 14.8. The quantitative estimate of drug-likeness (QED) is 0.638. The van der Waals surface area contributed by atoms with Crippen LogP contribution in [0.15, 0.2) is 36.7 Å². The Morgan fingerprint density at radius 2 is 2.11 bits per heavy atom. The smallest absolute Gasteiger partial charge is 0.321 e. The van der Waals surface area contributed by atoms with Crippen molar-refractivity contribution in [1.29, 1.82) is 0 Å². The van der Waals surface area contributed by atoms with Gasteiger partial charge in [-0.2, -0.15) is 4.98 Å². The summed E-state index contributed by atoms with van der Waals surface area (Å²) >= 11 is 0. The van der Waals surface area contributed by atoms with E-state index in [9.17, 15) is 9.59 Å². The second-order valence-electron chi connectivity index (χ2n) is 6.31. The molecule has 0 aromatic carbocycles. The van der Waals surface area contributed by atoms with Gasteiger partial charge < -0.3 is 10.6 Å². The van der Waals surface area contributed by atoms with Gasteiger partial charge in [-0.15, -0.1) is 5.10 Å². The molecule has 0 aliphatic heterocycles. The molecule has 3 N–H and O–H groups in total. The monoisotopic (exact) mass is 365 g/mol. The number of rotatable bonds is 5. The van der Waals surface area contributed by atoms with Crippen molar-refractivity contribution >= 4 is 23.5 Å². The van der Waals surface area contributed by atoms with E-state index in [1.54, 1.807) is 24.5 Å². The molecule has 9 nitrogen and oxygen atoms in total. The van der Waals surface area contributed by atoms with Gasteiger partial charge in [-0.3, -0.25) is 15.1 Å². The van der Waals surface area contributed by atoms with E-state index in [1.807, 2.05) is 19.1 Å². The molecule has 3 aromatic rings. The summed E-state index contributed by atoms with van der Waals surface area (Å²) < 4.78 is 1.44. The lowest BCUT2D eigenvalue weighted by atomic mass is 10.1. The van der Waals surface area contributed by atoms with E-state index in [0.717, 1.165) is 24.0 Å². The molecular weight excluding hydrogens is 346 g/mol. The number of carbonyl (C=O) groups excluding carboxylic acids is 2. The Kier molecular flexibility index (Phi) is 4.41. The first-order valence-corrected chi connectivity index (χ1v) is 8.81. The Balaban J connectivity index is 1.76. The van der Waals surface area contributed by atoms with Crippen molar-refractivity contribution in [2.75, 3.05) is 11.9 Å². The van der Waals surface area contributed by atoms with Gasteiger partial charge in [0.25, 0.3) is 11.9 Å². The Hall–Kier alpha value is -3.49. The minimum Gasteiger partial charge on any atom is -0.348 e. The highest BCUT2D eigenvalue weighted by Gasteiger charge is 2.26. The molecule has 3 heterocycles. The molecule has 0 radical (unpaired) electrons. The van der Waals surface area contributed by atoms with Crippen LogP contribution in [-0.2, 0) is 0 Å². The summed E-state index contributed by atoms with van der Waals surface area (Å²) in [5.74, 6) is -0.0903. The molecule has 1 fully saturated rings. The minimum absolute atomic E-state index is 0.129. The lowest BCUT2D eigenvalue weighted by Gasteiger charge is -2.08. The molecule has 138 valence electrons. The largest absolute Gasteiger partial charge is 0.348 e. The van der Waals surface area contributed by atoms with E-state index in [0.29, 0.717) is 17.9 Å². The standard InChI is InChI=1S/C18H19N7O2/c1-2-20-18(27)23-17-22-15-9-12(11-4-3-7-19-10-11)8-14(25(15)24-17)16(26)21-13-5-6-13/h3-4,7-10,13H,2,5-6H2,1H3,(H,21,26)(H2,20,23,24,27). The SMILES string of the molecule is CCNC(=O)Nc1nc2cc(-c3cccnc3)cc(C(=O)NC3CC3)n2n1. The number of amides is 3. The summed E-state index contributed by atoms with van der Waals surface area (Å²) in [5, 5.41) is 12.4. The first kappa shape index (κ1) is 17.0. The van der Waals surface area contributed by atoms with Crippen LogP contribution in [0.2, 0.25) is 0 Å². The molecule has 9 heteroatoms. The third-order valence-corrected chi connectivity index (χ3v) is 4.14. The summed E-state index contributed by atoms with van der Waals surface area (Å²) in [7, 11) is 0. The highest BCUT2D eigenvalue weighted by molar-refractivity contribution is 5.95. The highest BCUT2D eigenvalue weighted by atomic mass is 16.2. The number of carbonyl (C=O) groups is 2. The molecule has 0 saturated heterocycles. The minimum atomic E-state index is -0.398. The molecule has 27 heavy (non-hydrogen) atoms. The van der Waals surface area contributed by atoms with Gasteiger partial charge in [0.15, 0.2) is 5.65 Å². The fourth-order valence-corrected chi connectivity index (χ4v) is 2.69. The molecule has 0 unspecified atom stereocenters. The number of nitrogens with one attached hydrogen (secondary N) is 3. The van der Waals surface area contributed by atoms with Crippen molar-refractivity contribution in [2.24, 2.45) is 0 Å². The topological polar surface area (TPSA) is 113 Å². The van der Waals surface area contributed by atoms with E-state index in [2.05, 4.69) is 31.0 Å². The van der Waals surface area contributed by atoms with E-state index >= 15 is 0 Å². The maximum absolute atomic E-state index is 12.7. The van der Waals surface area contributed by atoms with E-state index in [-0.39, 0.29) is 17.9 Å². The molecule has 1 aliphatic rings. The van der Waals surface area contributed by atoms with Crippen LogP contribution < -0.4 is 16.0 Å². The van der Waals surface area contributed by atoms with E-state index < -0.39 is 6.03 Å². The fraction of sp³-hybridized carbons (Fsp3) is 0.278. The van der Waals surface area contributed by atoms with E-state index in [4.69, 9.17) is 0 Å². The zero-order valence-corrected chi connectivity index (χ0v) is 14.8. The normalized spacial score (nSPS) is 13.4. The molecule has 1 saturated carbocycles. The second-order valence-corrected chi connectivity index (χ2v) is 6.31. The van der Waals surface area contributed by atoms with Crippen molar-refractivity contribution in [1.82, 2.24) is 30.2 Å². The zero-order chi connectivity index (χ0) is 18.8. The predicted molar refractivity (Wildman–Crippen MR) is 99.4 cm³/mol. The molecule has 1 aliphatic carbocycles. The Bertz CT molecular complexity index is 996. The van der Waals surface area contributed by atoms with Crippen molar-refractivity contribution in [3.8, 4) is 11.1 Å². The molecule has 0 spiro atoms. The van der Waals surface area contributed by atoms with E-state index in [1.165, 1.54) is 4.52 Å². The van der Waals surface area contributed by atoms with Crippen LogP contribution >= 0.6 is 0 Å².